The molecule has 1 aromatic carbocycles. The second-order valence-electron chi connectivity index (χ2n) is 7.11. The molecule has 6 heteroatoms. The monoisotopic (exact) mass is 367 g/mol. The summed E-state index contributed by atoms with van der Waals surface area (Å²) < 4.78 is 7.63. The maximum atomic E-state index is 5.81. The number of hydrogen-bond donors (Lipinski definition) is 0. The van der Waals surface area contributed by atoms with Crippen LogP contribution >= 0.6 is 12.2 Å². The van der Waals surface area contributed by atoms with E-state index in [0.717, 1.165) is 31.0 Å². The molecule has 1 saturated carbocycles. The molecule has 0 bridgehead atoms. The highest BCUT2D eigenvalue weighted by Gasteiger charge is 2.28. The molecule has 0 unspecified atom stereocenters. The summed E-state index contributed by atoms with van der Waals surface area (Å²) in [6.07, 6.45) is 11.5. The second-order valence-corrected chi connectivity index (χ2v) is 7.47. The highest BCUT2D eigenvalue weighted by molar-refractivity contribution is 7.71. The Labute approximate surface area is 159 Å². The van der Waals surface area contributed by atoms with Crippen molar-refractivity contribution in [2.24, 2.45) is 0 Å². The highest BCUT2D eigenvalue weighted by Crippen LogP contribution is 2.39. The summed E-state index contributed by atoms with van der Waals surface area (Å²) in [5.41, 5.74) is 2.48. The molecule has 26 heavy (non-hydrogen) atoms. The first-order valence-electron chi connectivity index (χ1n) is 9.24. The van der Waals surface area contributed by atoms with Crippen LogP contribution in [0.5, 0.6) is 0 Å². The normalized spacial score (nSPS) is 14.2. The van der Waals surface area contributed by atoms with Crippen molar-refractivity contribution in [3.8, 4) is 11.3 Å². The van der Waals surface area contributed by atoms with Crippen LogP contribution in [-0.4, -0.2) is 37.2 Å². The average molecular weight is 368 g/mol. The second kappa shape index (κ2) is 7.60. The van der Waals surface area contributed by atoms with E-state index in [1.54, 1.807) is 0 Å². The lowest BCUT2D eigenvalue weighted by Crippen LogP contribution is -2.24. The number of aromatic nitrogens is 4. The van der Waals surface area contributed by atoms with E-state index >= 15 is 0 Å². The third kappa shape index (κ3) is 3.81. The Morgan fingerprint density at radius 1 is 1.23 bits per heavy atom. The van der Waals surface area contributed by atoms with Crippen LogP contribution in [0.1, 0.15) is 25.3 Å². The van der Waals surface area contributed by atoms with Crippen molar-refractivity contribution in [1.82, 2.24) is 23.6 Å². The minimum absolute atomic E-state index is 0.575. The molecule has 0 N–H and O–H groups in total. The number of imidazole rings is 2. The predicted molar refractivity (Wildman–Crippen MR) is 106 cm³/mol. The molecule has 0 aliphatic heterocycles. The topological polar surface area (TPSA) is 30.9 Å². The number of nitrogens with zero attached hydrogens (tertiary/aromatic N) is 5. The molecule has 136 valence electrons. The molecular weight excluding hydrogens is 342 g/mol. The van der Waals surface area contributed by atoms with Crippen LogP contribution in [-0.2, 0) is 13.2 Å². The largest absolute Gasteiger partial charge is 0.337 e. The van der Waals surface area contributed by atoms with E-state index in [0.29, 0.717) is 6.04 Å². The molecular formula is C20H25N5S. The Bertz CT molecular complexity index is 890. The van der Waals surface area contributed by atoms with Crippen LogP contribution in [0, 0.1) is 4.77 Å². The maximum absolute atomic E-state index is 5.81. The first-order valence-corrected chi connectivity index (χ1v) is 9.64. The van der Waals surface area contributed by atoms with E-state index < -0.39 is 0 Å². The number of rotatable bonds is 8. The fraction of sp³-hybridized carbons (Fsp3) is 0.400. The van der Waals surface area contributed by atoms with Crippen LogP contribution < -0.4 is 0 Å². The quantitative estimate of drug-likeness (QED) is 0.559. The zero-order valence-electron chi connectivity index (χ0n) is 15.2. The van der Waals surface area contributed by atoms with Gasteiger partial charge in [0.1, 0.15) is 0 Å². The predicted octanol–water partition coefficient (Wildman–Crippen LogP) is 4.20. The van der Waals surface area contributed by atoms with E-state index in [9.17, 15) is 0 Å². The van der Waals surface area contributed by atoms with Gasteiger partial charge in [-0.1, -0.05) is 30.3 Å². The van der Waals surface area contributed by atoms with E-state index in [4.69, 9.17) is 12.2 Å². The van der Waals surface area contributed by atoms with Gasteiger partial charge < -0.3 is 13.7 Å². The molecule has 0 amide bonds. The van der Waals surface area contributed by atoms with E-state index in [1.165, 1.54) is 24.1 Å². The Kier molecular flexibility index (Phi) is 5.04. The molecule has 2 aromatic heterocycles. The summed E-state index contributed by atoms with van der Waals surface area (Å²) in [7, 11) is 2.16. The Hall–Kier alpha value is -2.18. The van der Waals surface area contributed by atoms with Gasteiger partial charge in [0.05, 0.1) is 18.7 Å². The SMILES string of the molecule is CN(CCCn1ccnc1)Cn1cc(-c2ccccc2)n(C2CC2)c1=S. The summed E-state index contributed by atoms with van der Waals surface area (Å²) in [5.74, 6) is 0. The molecule has 0 radical (unpaired) electrons. The molecule has 5 nitrogen and oxygen atoms in total. The fourth-order valence-corrected chi connectivity index (χ4v) is 3.75. The third-order valence-corrected chi connectivity index (χ3v) is 5.31. The first kappa shape index (κ1) is 17.2. The van der Waals surface area contributed by atoms with Gasteiger partial charge in [0.25, 0.3) is 0 Å². The number of aryl methyl sites for hydroxylation is 1. The van der Waals surface area contributed by atoms with Gasteiger partial charge in [0, 0.05) is 37.7 Å². The lowest BCUT2D eigenvalue weighted by molar-refractivity contribution is 0.258. The summed E-state index contributed by atoms with van der Waals surface area (Å²) in [6.45, 7) is 2.84. The Morgan fingerprint density at radius 3 is 2.73 bits per heavy atom. The van der Waals surface area contributed by atoms with Crippen molar-refractivity contribution in [3.63, 3.8) is 0 Å². The van der Waals surface area contributed by atoms with Gasteiger partial charge >= 0.3 is 0 Å². The standard InChI is InChI=1S/C20H25N5S/c1-22(11-5-12-23-13-10-21-15-23)16-24-14-19(17-6-3-2-4-7-17)25(20(24)26)18-8-9-18/h2-4,6-7,10,13-15,18H,5,8-9,11-12,16H2,1H3. The Morgan fingerprint density at radius 2 is 2.04 bits per heavy atom. The molecule has 4 rings (SSSR count). The van der Waals surface area contributed by atoms with E-state index in [1.807, 2.05) is 18.7 Å². The molecule has 0 atom stereocenters. The minimum Gasteiger partial charge on any atom is -0.337 e. The fourth-order valence-electron chi connectivity index (χ4n) is 3.39. The maximum Gasteiger partial charge on any atom is 0.181 e. The first-order chi connectivity index (χ1) is 12.7. The van der Waals surface area contributed by atoms with Crippen molar-refractivity contribution < 1.29 is 0 Å². The van der Waals surface area contributed by atoms with Crippen LogP contribution in [0.2, 0.25) is 0 Å². The Balaban J connectivity index is 1.47. The van der Waals surface area contributed by atoms with Crippen molar-refractivity contribution in [2.75, 3.05) is 13.6 Å². The molecule has 2 heterocycles. The van der Waals surface area contributed by atoms with Gasteiger partial charge in [-0.2, -0.15) is 0 Å². The van der Waals surface area contributed by atoms with E-state index in [2.05, 4.69) is 67.2 Å². The van der Waals surface area contributed by atoms with Gasteiger partial charge in [-0.05, 0) is 44.1 Å². The van der Waals surface area contributed by atoms with Crippen molar-refractivity contribution >= 4 is 12.2 Å². The van der Waals surface area contributed by atoms with Crippen molar-refractivity contribution in [3.05, 3.63) is 60.0 Å². The molecule has 0 saturated heterocycles. The van der Waals surface area contributed by atoms with Crippen molar-refractivity contribution in [2.45, 2.75) is 38.5 Å². The van der Waals surface area contributed by atoms with Gasteiger partial charge in [-0.25, -0.2) is 4.98 Å². The third-order valence-electron chi connectivity index (χ3n) is 4.88. The number of benzene rings is 1. The summed E-state index contributed by atoms with van der Waals surface area (Å²) in [6, 6.07) is 11.2. The molecule has 0 spiro atoms. The molecule has 1 fully saturated rings. The van der Waals surface area contributed by atoms with Gasteiger partial charge in [0.2, 0.25) is 0 Å². The van der Waals surface area contributed by atoms with E-state index in [-0.39, 0.29) is 0 Å². The average Bonchev–Trinajstić information content (AvgIpc) is 3.25. The smallest absolute Gasteiger partial charge is 0.181 e. The summed E-state index contributed by atoms with van der Waals surface area (Å²) >= 11 is 5.81. The van der Waals surface area contributed by atoms with Gasteiger partial charge in [0.15, 0.2) is 4.77 Å². The minimum atomic E-state index is 0.575. The zero-order valence-corrected chi connectivity index (χ0v) is 16.0. The van der Waals surface area contributed by atoms with Crippen LogP contribution in [0.4, 0.5) is 0 Å². The van der Waals surface area contributed by atoms with Crippen molar-refractivity contribution in [1.29, 1.82) is 0 Å². The van der Waals surface area contributed by atoms with Gasteiger partial charge in [-0.3, -0.25) is 4.90 Å². The van der Waals surface area contributed by atoms with Crippen LogP contribution in [0.3, 0.4) is 0 Å². The molecule has 3 aromatic rings. The van der Waals surface area contributed by atoms with Gasteiger partial charge in [-0.15, -0.1) is 0 Å². The molecule has 1 aliphatic carbocycles. The summed E-state index contributed by atoms with van der Waals surface area (Å²) in [5, 5.41) is 0. The lowest BCUT2D eigenvalue weighted by atomic mass is 10.2. The number of hydrogen-bond acceptors (Lipinski definition) is 3. The van der Waals surface area contributed by atoms with Crippen LogP contribution in [0.25, 0.3) is 11.3 Å². The highest BCUT2D eigenvalue weighted by atomic mass is 32.1. The molecule has 1 aliphatic rings. The lowest BCUT2D eigenvalue weighted by Gasteiger charge is -2.17. The summed E-state index contributed by atoms with van der Waals surface area (Å²) in [4.78, 5) is 6.42. The van der Waals surface area contributed by atoms with Crippen LogP contribution in [0.15, 0.2) is 55.2 Å². The zero-order chi connectivity index (χ0) is 17.9.